The zero-order chi connectivity index (χ0) is 11.8. The van der Waals surface area contributed by atoms with Crippen molar-refractivity contribution in [2.45, 2.75) is 51.8 Å². The molecule has 3 nitrogen and oxygen atoms in total. The number of methoxy groups -OCH3 is 1. The molecule has 2 aliphatic rings. The molecule has 2 rings (SSSR count). The van der Waals surface area contributed by atoms with Gasteiger partial charge in [-0.15, -0.1) is 0 Å². The molecule has 1 saturated carbocycles. The zero-order valence-corrected chi connectivity index (χ0v) is 11.4. The summed E-state index contributed by atoms with van der Waals surface area (Å²) in [6.45, 7) is 6.71. The normalized spacial score (nSPS) is 40.2. The van der Waals surface area contributed by atoms with Crippen molar-refractivity contribution in [3.8, 4) is 0 Å². The molecule has 1 heterocycles. The Balaban J connectivity index is 1.97. The van der Waals surface area contributed by atoms with Crippen LogP contribution in [0.2, 0.25) is 0 Å². The number of nitrogens with zero attached hydrogens (tertiary/aromatic N) is 1. The smallest absolute Gasteiger partial charge is 0.157 e. The van der Waals surface area contributed by atoms with Gasteiger partial charge in [-0.25, -0.2) is 0 Å². The third kappa shape index (κ3) is 2.23. The van der Waals surface area contributed by atoms with Crippen molar-refractivity contribution >= 4 is 16.9 Å². The van der Waals surface area contributed by atoms with Crippen molar-refractivity contribution in [1.82, 2.24) is 5.32 Å². The van der Waals surface area contributed by atoms with Gasteiger partial charge >= 0.3 is 0 Å². The second-order valence-corrected chi connectivity index (χ2v) is 6.50. The van der Waals surface area contributed by atoms with Crippen LogP contribution in [-0.2, 0) is 4.74 Å². The lowest BCUT2D eigenvalue weighted by Crippen LogP contribution is -2.54. The predicted octanol–water partition coefficient (Wildman–Crippen LogP) is 2.27. The van der Waals surface area contributed by atoms with Gasteiger partial charge < -0.3 is 10.1 Å². The van der Waals surface area contributed by atoms with Crippen molar-refractivity contribution < 1.29 is 4.74 Å². The number of rotatable bonds is 2. The SMILES string of the molecule is COC1CC(N=C2NC(C)CCS2)C1(C)C. The van der Waals surface area contributed by atoms with Gasteiger partial charge in [-0.3, -0.25) is 4.99 Å². The molecule has 0 radical (unpaired) electrons. The maximum absolute atomic E-state index is 5.45. The fraction of sp³-hybridized carbons (Fsp3) is 0.917. The van der Waals surface area contributed by atoms with Crippen LogP contribution in [0.25, 0.3) is 0 Å². The standard InChI is InChI=1S/C12H22N2OS/c1-8-5-6-16-11(13-8)14-9-7-10(15-4)12(9,2)3/h8-10H,5-7H2,1-4H3,(H,13,14). The minimum Gasteiger partial charge on any atom is -0.381 e. The van der Waals surface area contributed by atoms with Crippen LogP contribution in [0.5, 0.6) is 0 Å². The Morgan fingerprint density at radius 2 is 2.25 bits per heavy atom. The monoisotopic (exact) mass is 242 g/mol. The van der Waals surface area contributed by atoms with Crippen LogP contribution in [-0.4, -0.2) is 36.2 Å². The highest BCUT2D eigenvalue weighted by atomic mass is 32.2. The fourth-order valence-corrected chi connectivity index (χ4v) is 3.51. The summed E-state index contributed by atoms with van der Waals surface area (Å²) in [6.07, 6.45) is 2.66. The number of nitrogens with one attached hydrogen (secondary N) is 1. The predicted molar refractivity (Wildman–Crippen MR) is 70.1 cm³/mol. The average molecular weight is 242 g/mol. The largest absolute Gasteiger partial charge is 0.381 e. The minimum absolute atomic E-state index is 0.185. The van der Waals surface area contributed by atoms with E-state index in [1.165, 1.54) is 12.2 Å². The van der Waals surface area contributed by atoms with Crippen LogP contribution in [0.4, 0.5) is 0 Å². The number of ether oxygens (including phenoxy) is 1. The highest BCUT2D eigenvalue weighted by Crippen LogP contribution is 2.44. The molecule has 0 aromatic rings. The molecule has 0 bridgehead atoms. The molecule has 2 fully saturated rings. The van der Waals surface area contributed by atoms with Gasteiger partial charge in [-0.05, 0) is 19.8 Å². The second kappa shape index (κ2) is 4.57. The second-order valence-electron chi connectivity index (χ2n) is 5.41. The van der Waals surface area contributed by atoms with Gasteiger partial charge in [0.05, 0.1) is 12.1 Å². The van der Waals surface area contributed by atoms with E-state index in [-0.39, 0.29) is 5.41 Å². The van der Waals surface area contributed by atoms with E-state index >= 15 is 0 Å². The first-order chi connectivity index (χ1) is 7.54. The van der Waals surface area contributed by atoms with Crippen molar-refractivity contribution in [1.29, 1.82) is 0 Å². The molecule has 0 aromatic carbocycles. The highest BCUT2D eigenvalue weighted by Gasteiger charge is 2.48. The molecular weight excluding hydrogens is 220 g/mol. The van der Waals surface area contributed by atoms with E-state index < -0.39 is 0 Å². The van der Waals surface area contributed by atoms with E-state index in [0.717, 1.165) is 11.6 Å². The maximum atomic E-state index is 5.45. The van der Waals surface area contributed by atoms with Gasteiger partial charge in [-0.2, -0.15) is 0 Å². The third-order valence-corrected chi connectivity index (χ3v) is 4.78. The van der Waals surface area contributed by atoms with Crippen molar-refractivity contribution in [2.75, 3.05) is 12.9 Å². The first kappa shape index (κ1) is 12.2. The van der Waals surface area contributed by atoms with Crippen LogP contribution >= 0.6 is 11.8 Å². The van der Waals surface area contributed by atoms with Crippen molar-refractivity contribution in [2.24, 2.45) is 10.4 Å². The van der Waals surface area contributed by atoms with Gasteiger partial charge in [0.25, 0.3) is 0 Å². The van der Waals surface area contributed by atoms with Gasteiger partial charge in [0.2, 0.25) is 0 Å². The first-order valence-electron chi connectivity index (χ1n) is 6.04. The summed E-state index contributed by atoms with van der Waals surface area (Å²) in [7, 11) is 1.80. The number of thioether (sulfide) groups is 1. The van der Waals surface area contributed by atoms with Gasteiger partial charge in [0.1, 0.15) is 0 Å². The Morgan fingerprint density at radius 1 is 1.50 bits per heavy atom. The molecular formula is C12H22N2OS. The summed E-state index contributed by atoms with van der Waals surface area (Å²) >= 11 is 1.85. The summed E-state index contributed by atoms with van der Waals surface area (Å²) < 4.78 is 5.45. The topological polar surface area (TPSA) is 33.6 Å². The van der Waals surface area contributed by atoms with Crippen LogP contribution in [0.3, 0.4) is 0 Å². The Kier molecular flexibility index (Phi) is 3.50. The van der Waals surface area contributed by atoms with Gasteiger partial charge in [0, 0.05) is 24.3 Å². The van der Waals surface area contributed by atoms with Crippen LogP contribution < -0.4 is 5.32 Å². The molecule has 4 heteroatoms. The molecule has 0 aromatic heterocycles. The van der Waals surface area contributed by atoms with Gasteiger partial charge in [-0.1, -0.05) is 25.6 Å². The van der Waals surface area contributed by atoms with Crippen LogP contribution in [0, 0.1) is 5.41 Å². The summed E-state index contributed by atoms with van der Waals surface area (Å²) in [4.78, 5) is 4.83. The number of amidine groups is 1. The third-order valence-electron chi connectivity index (χ3n) is 3.84. The molecule has 1 saturated heterocycles. The fourth-order valence-electron chi connectivity index (χ4n) is 2.36. The first-order valence-corrected chi connectivity index (χ1v) is 7.02. The lowest BCUT2D eigenvalue weighted by Gasteiger charge is -2.49. The molecule has 1 N–H and O–H groups in total. The van der Waals surface area contributed by atoms with E-state index in [4.69, 9.17) is 9.73 Å². The lowest BCUT2D eigenvalue weighted by molar-refractivity contribution is -0.0850. The molecule has 92 valence electrons. The average Bonchev–Trinajstić information content (AvgIpc) is 2.23. The summed E-state index contributed by atoms with van der Waals surface area (Å²) in [6, 6.07) is 0.985. The zero-order valence-electron chi connectivity index (χ0n) is 10.6. The Morgan fingerprint density at radius 3 is 2.81 bits per heavy atom. The quantitative estimate of drug-likeness (QED) is 0.806. The Bertz CT molecular complexity index is 291. The number of aliphatic imine (C=N–C) groups is 1. The highest BCUT2D eigenvalue weighted by molar-refractivity contribution is 8.13. The molecule has 1 aliphatic heterocycles. The summed E-state index contributed by atoms with van der Waals surface area (Å²) in [5.74, 6) is 1.19. The molecule has 0 amide bonds. The summed E-state index contributed by atoms with van der Waals surface area (Å²) in [5, 5.41) is 4.59. The lowest BCUT2D eigenvalue weighted by atomic mass is 9.65. The molecule has 16 heavy (non-hydrogen) atoms. The van der Waals surface area contributed by atoms with E-state index in [1.807, 2.05) is 11.8 Å². The molecule has 3 atom stereocenters. The molecule has 3 unspecified atom stereocenters. The van der Waals surface area contributed by atoms with E-state index in [9.17, 15) is 0 Å². The molecule has 1 aliphatic carbocycles. The van der Waals surface area contributed by atoms with E-state index in [1.54, 1.807) is 7.11 Å². The van der Waals surface area contributed by atoms with E-state index in [0.29, 0.717) is 18.2 Å². The minimum atomic E-state index is 0.185. The van der Waals surface area contributed by atoms with Crippen molar-refractivity contribution in [3.63, 3.8) is 0 Å². The Labute approximate surface area is 102 Å². The number of hydrogen-bond donors (Lipinski definition) is 1. The molecule has 0 spiro atoms. The summed E-state index contributed by atoms with van der Waals surface area (Å²) in [5.41, 5.74) is 0.185. The van der Waals surface area contributed by atoms with Gasteiger partial charge in [0.15, 0.2) is 5.17 Å². The number of hydrogen-bond acceptors (Lipinski definition) is 3. The van der Waals surface area contributed by atoms with Crippen LogP contribution in [0.15, 0.2) is 4.99 Å². The van der Waals surface area contributed by atoms with Crippen molar-refractivity contribution in [3.05, 3.63) is 0 Å². The maximum Gasteiger partial charge on any atom is 0.157 e. The Hall–Kier alpha value is -0.220. The van der Waals surface area contributed by atoms with Crippen LogP contribution in [0.1, 0.15) is 33.6 Å². The van der Waals surface area contributed by atoms with E-state index in [2.05, 4.69) is 26.1 Å².